The van der Waals surface area contributed by atoms with Crippen molar-refractivity contribution in [1.29, 1.82) is 0 Å². The first-order chi connectivity index (χ1) is 21.7. The maximum absolute atomic E-state index is 14.0. The van der Waals surface area contributed by atoms with E-state index >= 15 is 0 Å². The predicted molar refractivity (Wildman–Crippen MR) is 177 cm³/mol. The number of ether oxygens (including phenoxy) is 1. The van der Waals surface area contributed by atoms with E-state index in [9.17, 15) is 28.8 Å². The highest BCUT2D eigenvalue weighted by molar-refractivity contribution is 6.38. The van der Waals surface area contributed by atoms with Gasteiger partial charge in [0.25, 0.3) is 5.91 Å². The number of carbonyl (C=O) groups excluding carboxylic acids is 6. The van der Waals surface area contributed by atoms with Crippen LogP contribution in [0.25, 0.3) is 0 Å². The number of Topliss-reactive ketones (excluding diaryl/α,β-unsaturated/α-hetero) is 1. The molecule has 1 saturated heterocycles. The van der Waals surface area contributed by atoms with Crippen molar-refractivity contribution in [3.63, 3.8) is 0 Å². The van der Waals surface area contributed by atoms with Crippen LogP contribution in [0.4, 0.5) is 4.79 Å². The minimum atomic E-state index is -1.26. The van der Waals surface area contributed by atoms with Gasteiger partial charge in [0.15, 0.2) is 0 Å². The Morgan fingerprint density at radius 3 is 2.17 bits per heavy atom. The summed E-state index contributed by atoms with van der Waals surface area (Å²) in [5.41, 5.74) is 0.250. The molecule has 0 spiro atoms. The zero-order chi connectivity index (χ0) is 35.5. The summed E-state index contributed by atoms with van der Waals surface area (Å²) in [6.07, 6.45) is 0.621. The molecule has 4 N–H and O–H groups in total. The van der Waals surface area contributed by atoms with Gasteiger partial charge >= 0.3 is 6.09 Å². The quantitative estimate of drug-likeness (QED) is 0.199. The summed E-state index contributed by atoms with van der Waals surface area (Å²) < 4.78 is 5.40. The molecule has 0 radical (unpaired) electrons. The van der Waals surface area contributed by atoms with Gasteiger partial charge in [0.1, 0.15) is 23.7 Å². The molecule has 12 nitrogen and oxygen atoms in total. The fraction of sp³-hybridized carbons (Fsp3) is 0.600. The monoisotopic (exact) mass is 653 g/mol. The van der Waals surface area contributed by atoms with Crippen LogP contribution in [0.5, 0.6) is 0 Å². The molecule has 1 aromatic rings. The van der Waals surface area contributed by atoms with Crippen molar-refractivity contribution in [2.24, 2.45) is 22.7 Å². The van der Waals surface area contributed by atoms with E-state index in [1.807, 2.05) is 65.8 Å². The van der Waals surface area contributed by atoms with Crippen molar-refractivity contribution in [3.8, 4) is 0 Å². The molecule has 258 valence electrons. The summed E-state index contributed by atoms with van der Waals surface area (Å²) in [6.45, 7) is 20.4. The van der Waals surface area contributed by atoms with E-state index in [1.165, 1.54) is 11.0 Å². The number of aryl methyl sites for hydroxylation is 1. The number of hydrogen-bond acceptors (Lipinski definition) is 7. The molecule has 1 unspecified atom stereocenters. The molecule has 5 amide bonds. The number of hydrogen-bond donors (Lipinski definition) is 4. The predicted octanol–water partition coefficient (Wildman–Crippen LogP) is 2.78. The van der Waals surface area contributed by atoms with Crippen LogP contribution in [0, 0.1) is 29.6 Å². The minimum Gasteiger partial charge on any atom is -0.444 e. The molecule has 1 saturated carbocycles. The molecule has 5 atom stereocenters. The smallest absolute Gasteiger partial charge is 0.408 e. The second kappa shape index (κ2) is 14.3. The van der Waals surface area contributed by atoms with Gasteiger partial charge in [-0.1, -0.05) is 70.5 Å². The zero-order valence-electron chi connectivity index (χ0n) is 29.1. The summed E-state index contributed by atoms with van der Waals surface area (Å²) >= 11 is 0. The second-order valence-electron chi connectivity index (χ2n) is 15.2. The van der Waals surface area contributed by atoms with Crippen molar-refractivity contribution in [2.45, 2.75) is 99.0 Å². The Morgan fingerprint density at radius 2 is 1.62 bits per heavy atom. The number of ketones is 1. The standard InChI is InChI=1S/C35H51N5O7/c1-11-12-23(27(42)30(44)37-18-24(41)36-17-21-15-13-20(2)14-16-21)38-29(43)26-25-22(35(25,9)10)19-40(26)31(45)28(33(3,4)5)39-32(46)47-34(6,7)8/h11,13-16,22-23,25-26,28H,1,12,17-19H2,2-10H3,(H,36,41)(H,37,44)(H,38,43)(H,39,46)/t22-,23?,25-,26-,28+/m0/s1. The third-order valence-electron chi connectivity index (χ3n) is 8.81. The number of benzene rings is 1. The number of amides is 5. The molecule has 2 aliphatic rings. The van der Waals surface area contributed by atoms with Crippen LogP contribution < -0.4 is 21.3 Å². The van der Waals surface area contributed by atoms with Crippen molar-refractivity contribution in [1.82, 2.24) is 26.2 Å². The molecule has 47 heavy (non-hydrogen) atoms. The van der Waals surface area contributed by atoms with E-state index in [4.69, 9.17) is 4.74 Å². The Bertz CT molecular complexity index is 1390. The van der Waals surface area contributed by atoms with E-state index in [-0.39, 0.29) is 30.2 Å². The third-order valence-corrected chi connectivity index (χ3v) is 8.81. The van der Waals surface area contributed by atoms with Gasteiger partial charge < -0.3 is 30.9 Å². The molecular weight excluding hydrogens is 602 g/mol. The highest BCUT2D eigenvalue weighted by atomic mass is 16.6. The van der Waals surface area contributed by atoms with Crippen molar-refractivity contribution >= 4 is 35.5 Å². The topological polar surface area (TPSA) is 163 Å². The first kappa shape index (κ1) is 37.2. The van der Waals surface area contributed by atoms with Gasteiger partial charge in [0.05, 0.1) is 6.54 Å². The fourth-order valence-electron chi connectivity index (χ4n) is 6.08. The highest BCUT2D eigenvalue weighted by Gasteiger charge is 2.70. The molecule has 0 bridgehead atoms. The van der Waals surface area contributed by atoms with Gasteiger partial charge in [-0.25, -0.2) is 4.79 Å². The molecule has 12 heteroatoms. The van der Waals surface area contributed by atoms with Gasteiger partial charge in [-0.15, -0.1) is 6.58 Å². The minimum absolute atomic E-state index is 0.0411. The summed E-state index contributed by atoms with van der Waals surface area (Å²) in [6, 6.07) is 4.42. The number of alkyl carbamates (subject to hydrolysis) is 1. The molecule has 3 rings (SSSR count). The molecular formula is C35H51N5O7. The number of piperidine rings is 1. The number of fused-ring (bicyclic) bond motifs is 1. The maximum atomic E-state index is 14.0. The Labute approximate surface area is 277 Å². The lowest BCUT2D eigenvalue weighted by Gasteiger charge is -2.38. The molecule has 1 aromatic carbocycles. The van der Waals surface area contributed by atoms with E-state index in [0.29, 0.717) is 6.54 Å². The van der Waals surface area contributed by atoms with Gasteiger partial charge in [0.2, 0.25) is 23.5 Å². The SMILES string of the molecule is C=CCC(NC(=O)[C@@H]1[C@@H]2[C@H](CN1C(=O)[C@@H](NC(=O)OC(C)(C)C)C(C)(C)C)C2(C)C)C(=O)C(=O)NCC(=O)NCc1ccc(C)cc1. The summed E-state index contributed by atoms with van der Waals surface area (Å²) in [7, 11) is 0. The average molecular weight is 654 g/mol. The maximum Gasteiger partial charge on any atom is 0.408 e. The zero-order valence-corrected chi connectivity index (χ0v) is 29.1. The molecule has 1 aliphatic heterocycles. The summed E-state index contributed by atoms with van der Waals surface area (Å²) in [5, 5.41) is 10.4. The largest absolute Gasteiger partial charge is 0.444 e. The van der Waals surface area contributed by atoms with E-state index < -0.39 is 71.2 Å². The Hall–Kier alpha value is -4.22. The number of likely N-dealkylation sites (tertiary alicyclic amines) is 1. The second-order valence-corrected chi connectivity index (χ2v) is 15.2. The summed E-state index contributed by atoms with van der Waals surface area (Å²) in [4.78, 5) is 80.4. The van der Waals surface area contributed by atoms with Gasteiger partial charge in [-0.2, -0.15) is 0 Å². The van der Waals surface area contributed by atoms with Crippen molar-refractivity contribution in [3.05, 3.63) is 48.0 Å². The van der Waals surface area contributed by atoms with Gasteiger partial charge in [-0.05, 0) is 62.3 Å². The molecule has 0 aromatic heterocycles. The van der Waals surface area contributed by atoms with Crippen LogP contribution in [0.2, 0.25) is 0 Å². The van der Waals surface area contributed by atoms with Gasteiger partial charge in [-0.3, -0.25) is 24.0 Å². The van der Waals surface area contributed by atoms with E-state index in [1.54, 1.807) is 20.8 Å². The molecule has 2 fully saturated rings. The van der Waals surface area contributed by atoms with E-state index in [0.717, 1.165) is 11.1 Å². The van der Waals surface area contributed by atoms with Crippen LogP contribution >= 0.6 is 0 Å². The van der Waals surface area contributed by atoms with Crippen molar-refractivity contribution in [2.75, 3.05) is 13.1 Å². The Morgan fingerprint density at radius 1 is 1.00 bits per heavy atom. The van der Waals surface area contributed by atoms with Crippen LogP contribution in [-0.4, -0.2) is 77.2 Å². The van der Waals surface area contributed by atoms with Gasteiger partial charge in [0, 0.05) is 13.1 Å². The molecule has 1 aliphatic carbocycles. The lowest BCUT2D eigenvalue weighted by atomic mass is 9.85. The number of rotatable bonds is 12. The third kappa shape index (κ3) is 9.42. The number of nitrogens with zero attached hydrogens (tertiary/aromatic N) is 1. The lowest BCUT2D eigenvalue weighted by molar-refractivity contribution is -0.145. The summed E-state index contributed by atoms with van der Waals surface area (Å²) in [5.74, 6) is -3.60. The van der Waals surface area contributed by atoms with Crippen molar-refractivity contribution < 1.29 is 33.5 Å². The first-order valence-electron chi connectivity index (χ1n) is 16.0. The first-order valence-corrected chi connectivity index (χ1v) is 16.0. The normalized spacial score (nSPS) is 21.0. The number of carbonyl (C=O) groups is 6. The van der Waals surface area contributed by atoms with Crippen LogP contribution in [-0.2, 0) is 35.3 Å². The van der Waals surface area contributed by atoms with Crippen LogP contribution in [0.1, 0.15) is 72.9 Å². The Kier molecular flexibility index (Phi) is 11.3. The highest BCUT2D eigenvalue weighted by Crippen LogP contribution is 2.65. The van der Waals surface area contributed by atoms with E-state index in [2.05, 4.69) is 27.8 Å². The lowest BCUT2D eigenvalue weighted by Crippen LogP contribution is -2.60. The Balaban J connectivity index is 1.69. The van der Waals surface area contributed by atoms with Crippen LogP contribution in [0.15, 0.2) is 36.9 Å². The number of nitrogens with one attached hydrogen (secondary N) is 4. The fourth-order valence-corrected chi connectivity index (χ4v) is 6.08. The average Bonchev–Trinajstić information content (AvgIpc) is 3.27. The van der Waals surface area contributed by atoms with Crippen LogP contribution in [0.3, 0.4) is 0 Å². The molecule has 1 heterocycles.